The maximum absolute atomic E-state index is 12.9. The van der Waals surface area contributed by atoms with Gasteiger partial charge in [-0.05, 0) is 36.8 Å². The van der Waals surface area contributed by atoms with Crippen LogP contribution < -0.4 is 0 Å². The van der Waals surface area contributed by atoms with Gasteiger partial charge in [0.1, 0.15) is 0 Å². The van der Waals surface area contributed by atoms with Crippen LogP contribution in [0.4, 0.5) is 0 Å². The Morgan fingerprint density at radius 2 is 2.04 bits per heavy atom. The zero-order valence-electron chi connectivity index (χ0n) is 14.0. The Bertz CT molecular complexity index is 722. The van der Waals surface area contributed by atoms with Crippen LogP contribution in [0.2, 0.25) is 0 Å². The summed E-state index contributed by atoms with van der Waals surface area (Å²) in [4.78, 5) is 19.2. The number of amides is 1. The van der Waals surface area contributed by atoms with Crippen molar-refractivity contribution in [2.75, 3.05) is 13.6 Å². The zero-order valence-corrected chi connectivity index (χ0v) is 14.0. The van der Waals surface area contributed by atoms with Gasteiger partial charge in [0.25, 0.3) is 5.91 Å². The topological polar surface area (TPSA) is 53.4 Å². The van der Waals surface area contributed by atoms with Crippen LogP contribution in [0.1, 0.15) is 48.7 Å². The minimum atomic E-state index is -0.415. The molecule has 0 radical (unpaired) electrons. The summed E-state index contributed by atoms with van der Waals surface area (Å²) in [5.41, 5.74) is 2.44. The fraction of sp³-hybridized carbons (Fsp3) is 0.474. The number of aliphatic hydroxyl groups is 1. The molecule has 1 amide bonds. The Morgan fingerprint density at radius 3 is 2.70 bits per heavy atom. The van der Waals surface area contributed by atoms with Gasteiger partial charge in [-0.1, -0.05) is 32.0 Å². The number of nitrogens with zero attached hydrogens (tertiary/aromatic N) is 2. The van der Waals surface area contributed by atoms with E-state index in [1.165, 1.54) is 0 Å². The lowest BCUT2D eigenvalue weighted by Crippen LogP contribution is -2.35. The van der Waals surface area contributed by atoms with Gasteiger partial charge >= 0.3 is 0 Å². The Kier molecular flexibility index (Phi) is 4.35. The highest BCUT2D eigenvalue weighted by atomic mass is 16.3. The molecule has 1 unspecified atom stereocenters. The highest BCUT2D eigenvalue weighted by Gasteiger charge is 2.31. The quantitative estimate of drug-likeness (QED) is 0.922. The van der Waals surface area contributed by atoms with E-state index in [-0.39, 0.29) is 11.8 Å². The first-order valence-electron chi connectivity index (χ1n) is 8.30. The second-order valence-electron chi connectivity index (χ2n) is 6.86. The van der Waals surface area contributed by atoms with E-state index in [9.17, 15) is 9.90 Å². The molecular weight excluding hydrogens is 288 g/mol. The Balaban J connectivity index is 1.94. The van der Waals surface area contributed by atoms with E-state index in [1.54, 1.807) is 11.9 Å². The molecule has 3 rings (SSSR count). The molecule has 1 N–H and O–H groups in total. The third kappa shape index (κ3) is 3.37. The molecule has 1 aromatic carbocycles. The first-order chi connectivity index (χ1) is 11.0. The molecule has 0 spiro atoms. The number of hydrogen-bond acceptors (Lipinski definition) is 3. The van der Waals surface area contributed by atoms with Crippen LogP contribution in [-0.2, 0) is 0 Å². The van der Waals surface area contributed by atoms with Crippen LogP contribution in [0.5, 0.6) is 0 Å². The number of likely N-dealkylation sites (N-methyl/N-ethyl adjacent to an activating group) is 1. The van der Waals surface area contributed by atoms with Gasteiger partial charge in [-0.25, -0.2) is 0 Å². The molecule has 1 aliphatic carbocycles. The van der Waals surface area contributed by atoms with E-state index in [1.807, 2.05) is 30.3 Å². The average molecular weight is 312 g/mol. The standard InChI is InChI=1S/C19H24N2O2/c1-12(2)17-10-15(14-6-4-5-7-16(14)20-17)19(23)21(3)11-18(22)13-8-9-13/h4-7,10,12-13,18,22H,8-9,11H2,1-3H3. The molecule has 2 aromatic rings. The minimum absolute atomic E-state index is 0.0507. The summed E-state index contributed by atoms with van der Waals surface area (Å²) >= 11 is 0. The van der Waals surface area contributed by atoms with Crippen LogP contribution in [-0.4, -0.2) is 40.6 Å². The van der Waals surface area contributed by atoms with Crippen LogP contribution in [0.3, 0.4) is 0 Å². The highest BCUT2D eigenvalue weighted by molar-refractivity contribution is 6.06. The van der Waals surface area contributed by atoms with E-state index >= 15 is 0 Å². The number of aliphatic hydroxyl groups excluding tert-OH is 1. The van der Waals surface area contributed by atoms with Crippen molar-refractivity contribution in [3.05, 3.63) is 41.6 Å². The van der Waals surface area contributed by atoms with Crippen molar-refractivity contribution in [2.45, 2.75) is 38.7 Å². The summed E-state index contributed by atoms with van der Waals surface area (Å²) in [6.45, 7) is 4.54. The summed E-state index contributed by atoms with van der Waals surface area (Å²) in [6.07, 6.45) is 1.72. The number of fused-ring (bicyclic) bond motifs is 1. The lowest BCUT2D eigenvalue weighted by atomic mass is 10.0. The molecule has 1 heterocycles. The summed E-state index contributed by atoms with van der Waals surface area (Å²) in [7, 11) is 1.76. The number of para-hydroxylation sites is 1. The van der Waals surface area contributed by atoms with E-state index in [2.05, 4.69) is 18.8 Å². The molecule has 1 saturated carbocycles. The molecule has 122 valence electrons. The monoisotopic (exact) mass is 312 g/mol. The largest absolute Gasteiger partial charge is 0.391 e. The SMILES string of the molecule is CC(C)c1cc(C(=O)N(C)CC(O)C2CC2)c2ccccc2n1. The fourth-order valence-electron chi connectivity index (χ4n) is 2.87. The van der Waals surface area contributed by atoms with Crippen molar-refractivity contribution in [3.63, 3.8) is 0 Å². The molecule has 4 heteroatoms. The van der Waals surface area contributed by atoms with Gasteiger partial charge in [-0.15, -0.1) is 0 Å². The van der Waals surface area contributed by atoms with Crippen molar-refractivity contribution in [1.29, 1.82) is 0 Å². The van der Waals surface area contributed by atoms with E-state index < -0.39 is 6.10 Å². The van der Waals surface area contributed by atoms with Gasteiger partial charge < -0.3 is 10.0 Å². The molecule has 1 aromatic heterocycles. The van der Waals surface area contributed by atoms with Gasteiger partial charge in [0, 0.05) is 24.7 Å². The second-order valence-corrected chi connectivity index (χ2v) is 6.86. The minimum Gasteiger partial charge on any atom is -0.391 e. The fourth-order valence-corrected chi connectivity index (χ4v) is 2.87. The normalized spacial score (nSPS) is 15.9. The molecule has 1 atom stereocenters. The lowest BCUT2D eigenvalue weighted by molar-refractivity contribution is 0.0647. The molecule has 0 saturated heterocycles. The van der Waals surface area contributed by atoms with Gasteiger partial charge in [-0.2, -0.15) is 0 Å². The predicted molar refractivity (Wildman–Crippen MR) is 91.5 cm³/mol. The Morgan fingerprint density at radius 1 is 1.35 bits per heavy atom. The maximum atomic E-state index is 12.9. The number of pyridine rings is 1. The first kappa shape index (κ1) is 15.9. The van der Waals surface area contributed by atoms with Crippen LogP contribution in [0.25, 0.3) is 10.9 Å². The summed E-state index contributed by atoms with van der Waals surface area (Å²) in [6, 6.07) is 9.64. The highest BCUT2D eigenvalue weighted by Crippen LogP contribution is 2.33. The molecule has 0 bridgehead atoms. The summed E-state index contributed by atoms with van der Waals surface area (Å²) in [5, 5.41) is 11.0. The molecule has 1 aliphatic rings. The molecule has 1 fully saturated rings. The predicted octanol–water partition coefficient (Wildman–Crippen LogP) is 3.20. The van der Waals surface area contributed by atoms with Crippen molar-refractivity contribution >= 4 is 16.8 Å². The molecular formula is C19H24N2O2. The zero-order chi connectivity index (χ0) is 16.6. The average Bonchev–Trinajstić information content (AvgIpc) is 3.37. The third-order valence-electron chi connectivity index (χ3n) is 4.53. The van der Waals surface area contributed by atoms with Gasteiger partial charge in [0.2, 0.25) is 0 Å². The summed E-state index contributed by atoms with van der Waals surface area (Å²) < 4.78 is 0. The maximum Gasteiger partial charge on any atom is 0.254 e. The van der Waals surface area contributed by atoms with Gasteiger partial charge in [-0.3, -0.25) is 9.78 Å². The van der Waals surface area contributed by atoms with Crippen molar-refractivity contribution in [2.24, 2.45) is 5.92 Å². The molecule has 4 nitrogen and oxygen atoms in total. The van der Waals surface area contributed by atoms with E-state index in [0.717, 1.165) is 29.4 Å². The molecule has 0 aliphatic heterocycles. The van der Waals surface area contributed by atoms with Crippen molar-refractivity contribution in [1.82, 2.24) is 9.88 Å². The Hall–Kier alpha value is -1.94. The number of rotatable bonds is 5. The number of carbonyl (C=O) groups is 1. The number of carbonyl (C=O) groups excluding carboxylic acids is 1. The van der Waals surface area contributed by atoms with E-state index in [4.69, 9.17) is 0 Å². The smallest absolute Gasteiger partial charge is 0.254 e. The van der Waals surface area contributed by atoms with Crippen molar-refractivity contribution < 1.29 is 9.90 Å². The van der Waals surface area contributed by atoms with Crippen LogP contribution >= 0.6 is 0 Å². The number of benzene rings is 1. The third-order valence-corrected chi connectivity index (χ3v) is 4.53. The van der Waals surface area contributed by atoms with E-state index in [0.29, 0.717) is 18.0 Å². The number of hydrogen-bond donors (Lipinski definition) is 1. The lowest BCUT2D eigenvalue weighted by Gasteiger charge is -2.22. The van der Waals surface area contributed by atoms with Crippen LogP contribution in [0, 0.1) is 5.92 Å². The molecule has 23 heavy (non-hydrogen) atoms. The Labute approximate surface area is 137 Å². The van der Waals surface area contributed by atoms with Crippen molar-refractivity contribution in [3.8, 4) is 0 Å². The first-order valence-corrected chi connectivity index (χ1v) is 8.30. The number of aromatic nitrogens is 1. The van der Waals surface area contributed by atoms with Gasteiger partial charge in [0.05, 0.1) is 17.2 Å². The summed E-state index contributed by atoms with van der Waals surface area (Å²) in [5.74, 6) is 0.573. The van der Waals surface area contributed by atoms with Crippen LogP contribution in [0.15, 0.2) is 30.3 Å². The second kappa shape index (κ2) is 6.28. The van der Waals surface area contributed by atoms with Gasteiger partial charge in [0.15, 0.2) is 0 Å².